The second-order valence-corrected chi connectivity index (χ2v) is 5.94. The second-order valence-electron chi connectivity index (χ2n) is 5.94. The average molecular weight is 286 g/mol. The number of hydrogen-bond donors (Lipinski definition) is 1. The first-order valence-electron chi connectivity index (χ1n) is 7.26. The van der Waals surface area contributed by atoms with E-state index in [9.17, 15) is 9.50 Å². The van der Waals surface area contributed by atoms with E-state index in [0.29, 0.717) is 17.7 Å². The Bertz CT molecular complexity index is 626. The van der Waals surface area contributed by atoms with Gasteiger partial charge in [-0.15, -0.1) is 0 Å². The molecule has 1 heterocycles. The van der Waals surface area contributed by atoms with Crippen molar-refractivity contribution in [1.82, 2.24) is 0 Å². The Labute approximate surface area is 124 Å². The zero-order valence-corrected chi connectivity index (χ0v) is 12.1. The molecule has 2 aromatic rings. The van der Waals surface area contributed by atoms with Crippen LogP contribution in [0.15, 0.2) is 48.5 Å². The Morgan fingerprint density at radius 2 is 2.00 bits per heavy atom. The second kappa shape index (κ2) is 5.49. The first kappa shape index (κ1) is 14.1. The Morgan fingerprint density at radius 1 is 1.24 bits per heavy atom. The van der Waals surface area contributed by atoms with E-state index in [1.54, 1.807) is 6.07 Å². The summed E-state index contributed by atoms with van der Waals surface area (Å²) in [6.45, 7) is 1.98. The van der Waals surface area contributed by atoms with E-state index in [4.69, 9.17) is 4.74 Å². The van der Waals surface area contributed by atoms with Crippen molar-refractivity contribution in [3.63, 3.8) is 0 Å². The molecule has 0 saturated heterocycles. The SMILES string of the molecule is CC1(CCc2ccccc2)C[C@@H](O)c2ccc(F)cc2O1. The van der Waals surface area contributed by atoms with Gasteiger partial charge in [-0.3, -0.25) is 0 Å². The quantitative estimate of drug-likeness (QED) is 0.923. The van der Waals surface area contributed by atoms with Gasteiger partial charge < -0.3 is 9.84 Å². The van der Waals surface area contributed by atoms with Gasteiger partial charge in [0, 0.05) is 18.1 Å². The van der Waals surface area contributed by atoms with Gasteiger partial charge in [-0.25, -0.2) is 4.39 Å². The van der Waals surface area contributed by atoms with E-state index in [1.165, 1.54) is 17.7 Å². The fraction of sp³-hybridized carbons (Fsp3) is 0.333. The Kier molecular flexibility index (Phi) is 3.68. The van der Waals surface area contributed by atoms with Gasteiger partial charge in [0.1, 0.15) is 17.2 Å². The maximum atomic E-state index is 13.4. The molecule has 1 unspecified atom stereocenters. The molecule has 2 aromatic carbocycles. The summed E-state index contributed by atoms with van der Waals surface area (Å²) in [5.74, 6) is 0.123. The van der Waals surface area contributed by atoms with Crippen LogP contribution in [0.25, 0.3) is 0 Å². The fourth-order valence-corrected chi connectivity index (χ4v) is 2.90. The molecule has 1 N–H and O–H groups in total. The summed E-state index contributed by atoms with van der Waals surface area (Å²) in [4.78, 5) is 0. The molecule has 2 nitrogen and oxygen atoms in total. The number of hydrogen-bond acceptors (Lipinski definition) is 2. The molecule has 0 radical (unpaired) electrons. The van der Waals surface area contributed by atoms with Crippen molar-refractivity contribution in [2.24, 2.45) is 0 Å². The molecule has 110 valence electrons. The van der Waals surface area contributed by atoms with Crippen molar-refractivity contribution >= 4 is 0 Å². The van der Waals surface area contributed by atoms with E-state index in [1.807, 2.05) is 25.1 Å². The third-order valence-corrected chi connectivity index (χ3v) is 4.10. The van der Waals surface area contributed by atoms with E-state index in [-0.39, 0.29) is 5.82 Å². The van der Waals surface area contributed by atoms with Gasteiger partial charge in [0.25, 0.3) is 0 Å². The predicted octanol–water partition coefficient (Wildman–Crippen LogP) is 4.03. The van der Waals surface area contributed by atoms with Crippen LogP contribution in [0.3, 0.4) is 0 Å². The summed E-state index contributed by atoms with van der Waals surface area (Å²) >= 11 is 0. The largest absolute Gasteiger partial charge is 0.487 e. The molecular formula is C18H19FO2. The highest BCUT2D eigenvalue weighted by Gasteiger charge is 2.36. The van der Waals surface area contributed by atoms with Gasteiger partial charge in [-0.2, -0.15) is 0 Å². The number of ether oxygens (including phenoxy) is 1. The summed E-state index contributed by atoms with van der Waals surface area (Å²) in [6.07, 6.45) is 1.58. The minimum Gasteiger partial charge on any atom is -0.487 e. The van der Waals surface area contributed by atoms with Crippen molar-refractivity contribution < 1.29 is 14.2 Å². The van der Waals surface area contributed by atoms with Crippen LogP contribution in [-0.2, 0) is 6.42 Å². The predicted molar refractivity (Wildman–Crippen MR) is 79.8 cm³/mol. The number of aryl methyl sites for hydroxylation is 1. The average Bonchev–Trinajstić information content (AvgIpc) is 2.46. The summed E-state index contributed by atoms with van der Waals surface area (Å²) in [5, 5.41) is 10.3. The van der Waals surface area contributed by atoms with E-state index >= 15 is 0 Å². The standard InChI is InChI=1S/C18H19FO2/c1-18(10-9-13-5-3-2-4-6-13)12-16(20)15-8-7-14(19)11-17(15)21-18/h2-8,11,16,20H,9-10,12H2,1H3/t16-,18?/m1/s1. The van der Waals surface area contributed by atoms with Crippen LogP contribution in [0.4, 0.5) is 4.39 Å². The number of aliphatic hydroxyl groups excluding tert-OH is 1. The molecule has 1 aliphatic heterocycles. The molecule has 0 fully saturated rings. The third kappa shape index (κ3) is 3.08. The van der Waals surface area contributed by atoms with Crippen molar-refractivity contribution in [3.8, 4) is 5.75 Å². The van der Waals surface area contributed by atoms with Crippen LogP contribution in [0.2, 0.25) is 0 Å². The highest BCUT2D eigenvalue weighted by Crippen LogP contribution is 2.41. The van der Waals surface area contributed by atoms with E-state index in [0.717, 1.165) is 12.8 Å². The lowest BCUT2D eigenvalue weighted by atomic mass is 9.86. The van der Waals surface area contributed by atoms with Crippen LogP contribution in [-0.4, -0.2) is 10.7 Å². The van der Waals surface area contributed by atoms with Gasteiger partial charge in [0.15, 0.2) is 0 Å². The molecule has 0 amide bonds. The van der Waals surface area contributed by atoms with Crippen LogP contribution in [0, 0.1) is 5.82 Å². The molecule has 0 aliphatic carbocycles. The topological polar surface area (TPSA) is 29.5 Å². The molecule has 3 heteroatoms. The molecule has 21 heavy (non-hydrogen) atoms. The van der Waals surface area contributed by atoms with Gasteiger partial charge >= 0.3 is 0 Å². The van der Waals surface area contributed by atoms with Crippen molar-refractivity contribution in [3.05, 3.63) is 65.5 Å². The lowest BCUT2D eigenvalue weighted by molar-refractivity contribution is -0.00699. The number of benzene rings is 2. The Morgan fingerprint density at radius 3 is 2.76 bits per heavy atom. The monoisotopic (exact) mass is 286 g/mol. The fourth-order valence-electron chi connectivity index (χ4n) is 2.90. The maximum Gasteiger partial charge on any atom is 0.128 e. The van der Waals surface area contributed by atoms with Crippen LogP contribution < -0.4 is 4.74 Å². The number of rotatable bonds is 3. The molecule has 0 bridgehead atoms. The van der Waals surface area contributed by atoms with Crippen LogP contribution >= 0.6 is 0 Å². The smallest absolute Gasteiger partial charge is 0.128 e. The molecule has 1 aliphatic rings. The summed E-state index contributed by atoms with van der Waals surface area (Å²) in [5.41, 5.74) is 1.44. The molecule has 0 saturated carbocycles. The minimum atomic E-state index is -0.602. The molecule has 0 spiro atoms. The van der Waals surface area contributed by atoms with Gasteiger partial charge in [0.2, 0.25) is 0 Å². The first-order chi connectivity index (χ1) is 10.1. The van der Waals surface area contributed by atoms with Gasteiger partial charge in [-0.05, 0) is 37.5 Å². The maximum absolute atomic E-state index is 13.4. The normalized spacial score (nSPS) is 24.2. The molecule has 0 aromatic heterocycles. The Hall–Kier alpha value is -1.87. The zero-order valence-electron chi connectivity index (χ0n) is 12.1. The van der Waals surface area contributed by atoms with Crippen molar-refractivity contribution in [1.29, 1.82) is 0 Å². The molecule has 2 atom stereocenters. The lowest BCUT2D eigenvalue weighted by Gasteiger charge is -2.38. The molecular weight excluding hydrogens is 267 g/mol. The highest BCUT2D eigenvalue weighted by atomic mass is 19.1. The highest BCUT2D eigenvalue weighted by molar-refractivity contribution is 5.38. The number of halogens is 1. The number of aliphatic hydroxyl groups is 1. The minimum absolute atomic E-state index is 0.340. The van der Waals surface area contributed by atoms with Crippen molar-refractivity contribution in [2.45, 2.75) is 37.9 Å². The first-order valence-corrected chi connectivity index (χ1v) is 7.26. The lowest BCUT2D eigenvalue weighted by Crippen LogP contribution is -2.38. The summed E-state index contributed by atoms with van der Waals surface area (Å²) in [6, 6.07) is 14.5. The summed E-state index contributed by atoms with van der Waals surface area (Å²) in [7, 11) is 0. The van der Waals surface area contributed by atoms with Gasteiger partial charge in [-0.1, -0.05) is 30.3 Å². The third-order valence-electron chi connectivity index (χ3n) is 4.10. The molecule has 3 rings (SSSR count). The van der Waals surface area contributed by atoms with Gasteiger partial charge in [0.05, 0.1) is 6.10 Å². The Balaban J connectivity index is 1.77. The van der Waals surface area contributed by atoms with Crippen molar-refractivity contribution in [2.75, 3.05) is 0 Å². The zero-order chi connectivity index (χ0) is 14.9. The van der Waals surface area contributed by atoms with E-state index in [2.05, 4.69) is 12.1 Å². The van der Waals surface area contributed by atoms with E-state index < -0.39 is 11.7 Å². The van der Waals surface area contributed by atoms with Crippen LogP contribution in [0.1, 0.15) is 37.0 Å². The van der Waals surface area contributed by atoms with Crippen LogP contribution in [0.5, 0.6) is 5.75 Å². The summed E-state index contributed by atoms with van der Waals surface area (Å²) < 4.78 is 19.4. The number of fused-ring (bicyclic) bond motifs is 1.